The van der Waals surface area contributed by atoms with Crippen LogP contribution >= 0.6 is 11.6 Å². The Morgan fingerprint density at radius 2 is 1.89 bits per heavy atom. The van der Waals surface area contributed by atoms with E-state index in [0.717, 1.165) is 6.54 Å². The van der Waals surface area contributed by atoms with Gasteiger partial charge in [-0.05, 0) is 91.4 Å². The van der Waals surface area contributed by atoms with Crippen LogP contribution < -0.4 is 9.64 Å². The van der Waals surface area contributed by atoms with E-state index in [1.165, 1.54) is 24.3 Å². The van der Waals surface area contributed by atoms with Gasteiger partial charge in [-0.25, -0.2) is 13.2 Å². The van der Waals surface area contributed by atoms with E-state index in [0.29, 0.717) is 78.2 Å². The Kier molecular flexibility index (Phi) is 8.58. The van der Waals surface area contributed by atoms with Crippen LogP contribution in [-0.2, 0) is 6.42 Å². The molecule has 0 spiro atoms. The van der Waals surface area contributed by atoms with Crippen molar-refractivity contribution in [2.75, 3.05) is 44.7 Å². The van der Waals surface area contributed by atoms with E-state index in [2.05, 4.69) is 9.88 Å². The van der Waals surface area contributed by atoms with E-state index in [-0.39, 0.29) is 46.6 Å². The topological polar surface area (TPSA) is 82.0 Å². The number of phenolic OH excluding ortho intramolecular Hbond substituents is 1. The predicted molar refractivity (Wildman–Crippen MR) is 175 cm³/mol. The summed E-state index contributed by atoms with van der Waals surface area (Å²) >= 11 is 6.85. The lowest BCUT2D eigenvalue weighted by Gasteiger charge is -2.40. The molecule has 0 bridgehead atoms. The highest BCUT2D eigenvalue weighted by molar-refractivity contribution is 6.35. The number of piperidine rings is 2. The molecule has 6 rings (SSSR count). The molecular formula is C35H38ClF3N4O3. The van der Waals surface area contributed by atoms with Gasteiger partial charge in [0.05, 0.1) is 17.0 Å². The molecule has 2 saturated heterocycles. The number of aromatic nitrogens is 2. The van der Waals surface area contributed by atoms with Gasteiger partial charge in [0.15, 0.2) is 5.82 Å². The number of ether oxygens (including phenoxy) is 1. The first-order valence-corrected chi connectivity index (χ1v) is 15.9. The van der Waals surface area contributed by atoms with Crippen LogP contribution in [0, 0.1) is 17.0 Å². The second-order valence-corrected chi connectivity index (χ2v) is 13.6. The van der Waals surface area contributed by atoms with Crippen molar-refractivity contribution in [3.05, 3.63) is 64.5 Å². The van der Waals surface area contributed by atoms with Gasteiger partial charge in [-0.15, -0.1) is 0 Å². The van der Waals surface area contributed by atoms with Crippen LogP contribution in [0.2, 0.25) is 5.02 Å². The van der Waals surface area contributed by atoms with Crippen LogP contribution in [0.1, 0.15) is 45.6 Å². The van der Waals surface area contributed by atoms with E-state index < -0.39 is 22.7 Å². The lowest BCUT2D eigenvalue weighted by atomic mass is 9.78. The molecule has 244 valence electrons. The molecule has 4 aromatic rings. The van der Waals surface area contributed by atoms with Crippen molar-refractivity contribution in [3.63, 3.8) is 0 Å². The first kappa shape index (κ1) is 32.3. The van der Waals surface area contributed by atoms with Gasteiger partial charge in [-0.1, -0.05) is 31.5 Å². The van der Waals surface area contributed by atoms with Crippen molar-refractivity contribution in [2.45, 2.75) is 52.1 Å². The van der Waals surface area contributed by atoms with E-state index in [1.807, 2.05) is 18.9 Å². The Hall–Kier alpha value is -3.60. The molecule has 11 heteroatoms. The molecule has 0 saturated carbocycles. The molecular weight excluding hydrogens is 617 g/mol. The summed E-state index contributed by atoms with van der Waals surface area (Å²) in [4.78, 5) is 13.2. The van der Waals surface area contributed by atoms with E-state index in [9.17, 15) is 14.6 Å². The smallest absolute Gasteiger partial charge is 0.319 e. The van der Waals surface area contributed by atoms with Crippen molar-refractivity contribution >= 4 is 39.1 Å². The van der Waals surface area contributed by atoms with Crippen molar-refractivity contribution in [1.29, 1.82) is 0 Å². The van der Waals surface area contributed by atoms with Crippen molar-refractivity contribution in [3.8, 4) is 22.9 Å². The molecule has 2 aliphatic rings. The SMILES string of the molecule is CCc1c(F)ccc2cc(O)cc(-c3c(Cl)cc4c(N5CCC[C@@](C)(O)C5)nc(OC[C@]5(C)CN(C)CC/C5=C\F)nc4c3F)c12. The number of β-amino-alcohol motifs (C(OH)–C–C–N with tert-alkyl or cyclic N) is 1. The minimum Gasteiger partial charge on any atom is -0.508 e. The number of aryl methyl sites for hydroxylation is 1. The summed E-state index contributed by atoms with van der Waals surface area (Å²) in [7, 11) is 1.96. The number of likely N-dealkylation sites (tertiary alicyclic amines) is 1. The third kappa shape index (κ3) is 5.87. The minimum absolute atomic E-state index is 0.0287. The van der Waals surface area contributed by atoms with Crippen LogP contribution in [0.4, 0.5) is 19.0 Å². The molecule has 2 aliphatic heterocycles. The maximum atomic E-state index is 17.0. The third-order valence-electron chi connectivity index (χ3n) is 9.40. The molecule has 0 radical (unpaired) electrons. The van der Waals surface area contributed by atoms with E-state index >= 15 is 8.78 Å². The van der Waals surface area contributed by atoms with Gasteiger partial charge in [0, 0.05) is 42.5 Å². The zero-order valence-corrected chi connectivity index (χ0v) is 27.2. The van der Waals surface area contributed by atoms with E-state index in [1.54, 1.807) is 19.9 Å². The lowest BCUT2D eigenvalue weighted by Crippen LogP contribution is -2.46. The summed E-state index contributed by atoms with van der Waals surface area (Å²) in [5.74, 6) is -1.01. The number of hydrogen-bond acceptors (Lipinski definition) is 7. The van der Waals surface area contributed by atoms with Gasteiger partial charge in [0.1, 0.15) is 29.5 Å². The summed E-state index contributed by atoms with van der Waals surface area (Å²) in [6.45, 7) is 7.57. The Morgan fingerprint density at radius 1 is 1.11 bits per heavy atom. The highest BCUT2D eigenvalue weighted by atomic mass is 35.5. The molecule has 0 unspecified atom stereocenters. The molecule has 46 heavy (non-hydrogen) atoms. The van der Waals surface area contributed by atoms with Crippen LogP contribution in [0.25, 0.3) is 32.8 Å². The van der Waals surface area contributed by atoms with Gasteiger partial charge in [-0.3, -0.25) is 0 Å². The van der Waals surface area contributed by atoms with Crippen LogP contribution in [-0.4, -0.2) is 70.5 Å². The van der Waals surface area contributed by atoms with Gasteiger partial charge in [0.2, 0.25) is 0 Å². The number of aromatic hydroxyl groups is 1. The number of fused-ring (bicyclic) bond motifs is 2. The highest BCUT2D eigenvalue weighted by Gasteiger charge is 2.36. The fraction of sp³-hybridized carbons (Fsp3) is 0.429. The van der Waals surface area contributed by atoms with E-state index in [4.69, 9.17) is 21.3 Å². The number of aliphatic hydroxyl groups is 1. The number of anilines is 1. The molecule has 2 N–H and O–H groups in total. The zero-order valence-electron chi connectivity index (χ0n) is 26.4. The van der Waals surface area contributed by atoms with Crippen molar-refractivity contribution < 1.29 is 28.1 Å². The van der Waals surface area contributed by atoms with Crippen molar-refractivity contribution in [1.82, 2.24) is 14.9 Å². The fourth-order valence-electron chi connectivity index (χ4n) is 7.09. The minimum atomic E-state index is -0.999. The Labute approximate surface area is 271 Å². The average Bonchev–Trinajstić information content (AvgIpc) is 2.99. The maximum absolute atomic E-state index is 17.0. The average molecular weight is 655 g/mol. The second kappa shape index (κ2) is 12.2. The number of benzene rings is 3. The molecule has 0 aliphatic carbocycles. The molecule has 0 amide bonds. The summed E-state index contributed by atoms with van der Waals surface area (Å²) in [5.41, 5.74) is -0.569. The number of rotatable bonds is 6. The van der Waals surface area contributed by atoms with Gasteiger partial charge < -0.3 is 24.7 Å². The maximum Gasteiger partial charge on any atom is 0.319 e. The summed E-state index contributed by atoms with van der Waals surface area (Å²) in [6, 6.07) is 7.21. The Morgan fingerprint density at radius 3 is 2.61 bits per heavy atom. The quantitative estimate of drug-likeness (QED) is 0.222. The van der Waals surface area contributed by atoms with Gasteiger partial charge >= 0.3 is 6.01 Å². The first-order valence-electron chi connectivity index (χ1n) is 15.6. The normalized spacial score (nSPS) is 23.5. The number of nitrogens with zero attached hydrogens (tertiary/aromatic N) is 4. The molecule has 7 nitrogen and oxygen atoms in total. The molecule has 2 atom stereocenters. The summed E-state index contributed by atoms with van der Waals surface area (Å²) in [5, 5.41) is 22.9. The fourth-order valence-corrected chi connectivity index (χ4v) is 7.39. The molecule has 3 aromatic carbocycles. The lowest BCUT2D eigenvalue weighted by molar-refractivity contribution is 0.0447. The largest absolute Gasteiger partial charge is 0.508 e. The summed E-state index contributed by atoms with van der Waals surface area (Å²) in [6.07, 6.45) is 2.79. The predicted octanol–water partition coefficient (Wildman–Crippen LogP) is 7.57. The second-order valence-electron chi connectivity index (χ2n) is 13.2. The zero-order chi connectivity index (χ0) is 33.0. The third-order valence-corrected chi connectivity index (χ3v) is 9.70. The molecule has 1 aromatic heterocycles. The summed E-state index contributed by atoms with van der Waals surface area (Å²) < 4.78 is 52.1. The van der Waals surface area contributed by atoms with Crippen LogP contribution in [0.5, 0.6) is 11.8 Å². The number of hydrogen-bond donors (Lipinski definition) is 2. The monoisotopic (exact) mass is 654 g/mol. The molecule has 3 heterocycles. The Balaban J connectivity index is 1.55. The molecule has 2 fully saturated rings. The van der Waals surface area contributed by atoms with Gasteiger partial charge in [-0.2, -0.15) is 9.97 Å². The van der Waals surface area contributed by atoms with Crippen LogP contribution in [0.3, 0.4) is 0 Å². The standard InChI is InChI=1S/C35H38ClF3N4O3/c1-5-23-27(38)8-7-20-13-22(44)14-24(28(20)23)29-26(36)15-25-31(30(29)39)40-33(41-32(25)43-11-6-10-35(3,45)18-43)46-19-34(2)17-42(4)12-9-21(34)16-37/h7-8,13-16,44-45H,5-6,9-12,17-19H2,1-4H3/b21-16+/t34-,35+/m0/s1. The van der Waals surface area contributed by atoms with Gasteiger partial charge in [0.25, 0.3) is 0 Å². The first-order chi connectivity index (χ1) is 21.8. The van der Waals surface area contributed by atoms with Crippen LogP contribution in [0.15, 0.2) is 42.2 Å². The highest BCUT2D eigenvalue weighted by Crippen LogP contribution is 2.44. The number of halogens is 4. The Bertz CT molecular complexity index is 1870. The van der Waals surface area contributed by atoms with Crippen molar-refractivity contribution in [2.24, 2.45) is 5.41 Å². The number of phenols is 1.